The molecule has 0 bridgehead atoms. The van der Waals surface area contributed by atoms with Crippen LogP contribution in [0.25, 0.3) is 22.8 Å². The number of hydrogen-bond donors (Lipinski definition) is 4. The third kappa shape index (κ3) is 9.57. The molecule has 62 heavy (non-hydrogen) atoms. The molecule has 14 heteroatoms. The predicted molar refractivity (Wildman–Crippen MR) is 237 cm³/mol. The SMILES string of the molecule is C=C(C)C(NC(=O)OC)C(=O)N(C(C)c1cnc(-c2ccc(C#Cc3ccc(-c4ncc(C(C)N(C(=O)C(NC(=O)OC)C(C)C)C5C(C)C5C)[nH]4)cc3)cc2)[nH]1)C1C(C)C1C. The van der Waals surface area contributed by atoms with Crippen LogP contribution in [0.5, 0.6) is 0 Å². The van der Waals surface area contributed by atoms with E-state index < -0.39 is 24.3 Å². The average molecular weight is 845 g/mol. The van der Waals surface area contributed by atoms with Gasteiger partial charge in [-0.2, -0.15) is 0 Å². The molecule has 2 saturated carbocycles. The molecule has 0 aliphatic heterocycles. The molecule has 2 aromatic carbocycles. The van der Waals surface area contributed by atoms with Crippen molar-refractivity contribution >= 4 is 24.0 Å². The first-order chi connectivity index (χ1) is 29.5. The Balaban J connectivity index is 1.12. The lowest BCUT2D eigenvalue weighted by Gasteiger charge is -2.34. The van der Waals surface area contributed by atoms with Crippen molar-refractivity contribution < 1.29 is 28.7 Å². The summed E-state index contributed by atoms with van der Waals surface area (Å²) < 4.78 is 9.60. The summed E-state index contributed by atoms with van der Waals surface area (Å²) in [5.74, 6) is 8.58. The Morgan fingerprint density at radius 3 is 1.40 bits per heavy atom. The highest BCUT2D eigenvalue weighted by atomic mass is 16.5. The molecule has 2 aromatic heterocycles. The fourth-order valence-corrected chi connectivity index (χ4v) is 8.32. The van der Waals surface area contributed by atoms with Crippen LogP contribution in [0.2, 0.25) is 0 Å². The zero-order chi connectivity index (χ0) is 45.2. The monoisotopic (exact) mass is 844 g/mol. The van der Waals surface area contributed by atoms with Gasteiger partial charge in [0.05, 0.1) is 50.1 Å². The lowest BCUT2D eigenvalue weighted by atomic mass is 10.0. The lowest BCUT2D eigenvalue weighted by Crippen LogP contribution is -2.53. The Morgan fingerprint density at radius 1 is 0.661 bits per heavy atom. The van der Waals surface area contributed by atoms with Crippen LogP contribution in [-0.4, -0.2) is 92.1 Å². The maximum Gasteiger partial charge on any atom is 0.407 e. The van der Waals surface area contributed by atoms with Crippen molar-refractivity contribution in [2.24, 2.45) is 29.6 Å². The normalized spacial score (nSPS) is 21.9. The van der Waals surface area contributed by atoms with E-state index in [0.29, 0.717) is 40.9 Å². The number of carbonyl (C=O) groups is 4. The van der Waals surface area contributed by atoms with E-state index in [4.69, 9.17) is 9.47 Å². The predicted octanol–water partition coefficient (Wildman–Crippen LogP) is 7.64. The molecule has 328 valence electrons. The summed E-state index contributed by atoms with van der Waals surface area (Å²) in [4.78, 5) is 72.2. The van der Waals surface area contributed by atoms with Crippen molar-refractivity contribution in [3.8, 4) is 34.6 Å². The molecule has 4 N–H and O–H groups in total. The molecule has 14 nitrogen and oxygen atoms in total. The number of hydrogen-bond acceptors (Lipinski definition) is 8. The van der Waals surface area contributed by atoms with Crippen LogP contribution in [0.15, 0.2) is 73.1 Å². The van der Waals surface area contributed by atoms with Crippen LogP contribution in [0.3, 0.4) is 0 Å². The van der Waals surface area contributed by atoms with E-state index in [1.165, 1.54) is 14.2 Å². The summed E-state index contributed by atoms with van der Waals surface area (Å²) in [7, 11) is 2.56. The molecule has 2 aliphatic carbocycles. The molecule has 2 fully saturated rings. The second-order valence-corrected chi connectivity index (χ2v) is 17.3. The van der Waals surface area contributed by atoms with E-state index >= 15 is 0 Å². The molecule has 2 aliphatic rings. The minimum absolute atomic E-state index is 0.00379. The van der Waals surface area contributed by atoms with Crippen LogP contribution >= 0.6 is 0 Å². The zero-order valence-corrected chi connectivity index (χ0v) is 37.6. The molecule has 4 aromatic rings. The van der Waals surface area contributed by atoms with Crippen molar-refractivity contribution in [1.29, 1.82) is 0 Å². The molecule has 4 amide bonds. The molecule has 8 atom stereocenters. The van der Waals surface area contributed by atoms with E-state index in [9.17, 15) is 19.2 Å². The van der Waals surface area contributed by atoms with Gasteiger partial charge in [0.2, 0.25) is 11.8 Å². The molecule has 2 heterocycles. The maximum atomic E-state index is 14.0. The Hall–Kier alpha value is -6.36. The van der Waals surface area contributed by atoms with E-state index in [1.807, 2.05) is 86.0 Å². The number of H-pyrrole nitrogens is 2. The Labute approximate surface area is 364 Å². The molecule has 0 spiro atoms. The van der Waals surface area contributed by atoms with Gasteiger partial charge in [0.15, 0.2) is 0 Å². The van der Waals surface area contributed by atoms with Gasteiger partial charge in [-0.05, 0) is 80.2 Å². The number of amides is 4. The summed E-state index contributed by atoms with van der Waals surface area (Å²) in [6.07, 6.45) is 2.20. The van der Waals surface area contributed by atoms with Gasteiger partial charge >= 0.3 is 12.2 Å². The second kappa shape index (κ2) is 18.7. The molecule has 0 saturated heterocycles. The Bertz CT molecular complexity index is 2320. The topological polar surface area (TPSA) is 175 Å². The zero-order valence-electron chi connectivity index (χ0n) is 37.6. The van der Waals surface area contributed by atoms with Crippen molar-refractivity contribution in [1.82, 2.24) is 40.4 Å². The number of carbonyl (C=O) groups excluding carboxylic acids is 4. The first-order valence-electron chi connectivity index (χ1n) is 21.3. The van der Waals surface area contributed by atoms with Gasteiger partial charge < -0.3 is 39.9 Å². The number of imidazole rings is 2. The van der Waals surface area contributed by atoms with Gasteiger partial charge in [0, 0.05) is 34.3 Å². The Morgan fingerprint density at radius 2 is 1.05 bits per heavy atom. The minimum atomic E-state index is -0.919. The standard InChI is InChI=1S/C48H60N8O6/c1-25(2)39(53-47(59)61-11)45(57)55(41-27(5)28(41)6)31(9)37-23-49-43(51-37)35-19-15-33(16-20-35)13-14-34-17-21-36(22-18-34)44-50-24-38(52-44)32(10)56(42-29(7)30(42)8)46(58)40(26(3)4)54-48(60)62-12/h15-24,26-32,39-42H,1H2,2-12H3,(H,49,51)(H,50,52)(H,53,59)(H,54,60). The van der Waals surface area contributed by atoms with Gasteiger partial charge in [-0.25, -0.2) is 19.6 Å². The van der Waals surface area contributed by atoms with E-state index in [-0.39, 0.29) is 41.9 Å². The van der Waals surface area contributed by atoms with Crippen LogP contribution in [0.4, 0.5) is 9.59 Å². The number of rotatable bonds is 14. The van der Waals surface area contributed by atoms with Crippen LogP contribution in [0, 0.1) is 41.4 Å². The van der Waals surface area contributed by atoms with Crippen LogP contribution in [0.1, 0.15) is 96.9 Å². The van der Waals surface area contributed by atoms with Crippen molar-refractivity contribution in [2.45, 2.75) is 98.6 Å². The summed E-state index contributed by atoms with van der Waals surface area (Å²) >= 11 is 0. The highest BCUT2D eigenvalue weighted by molar-refractivity contribution is 5.89. The highest BCUT2D eigenvalue weighted by Crippen LogP contribution is 2.47. The second-order valence-electron chi connectivity index (χ2n) is 17.3. The van der Waals surface area contributed by atoms with Crippen molar-refractivity contribution in [3.05, 3.63) is 95.6 Å². The van der Waals surface area contributed by atoms with Crippen LogP contribution in [-0.2, 0) is 19.1 Å². The first-order valence-corrected chi connectivity index (χ1v) is 21.3. The van der Waals surface area contributed by atoms with Gasteiger partial charge in [-0.1, -0.05) is 84.2 Å². The van der Waals surface area contributed by atoms with Gasteiger partial charge in [0.1, 0.15) is 23.7 Å². The number of aromatic amines is 2. The third-order valence-corrected chi connectivity index (χ3v) is 12.9. The summed E-state index contributed by atoms with van der Waals surface area (Å²) in [5, 5.41) is 5.39. The molecular formula is C48H60N8O6. The smallest absolute Gasteiger partial charge is 0.407 e. The summed E-state index contributed by atoms with van der Waals surface area (Å²) in [6, 6.07) is 13.4. The molecule has 6 rings (SSSR count). The van der Waals surface area contributed by atoms with E-state index in [2.05, 4.69) is 76.7 Å². The summed E-state index contributed by atoms with van der Waals surface area (Å²) in [5.41, 5.74) is 5.51. The number of alkyl carbamates (subject to hydrolysis) is 2. The summed E-state index contributed by atoms with van der Waals surface area (Å²) in [6.45, 7) is 22.0. The van der Waals surface area contributed by atoms with Crippen molar-refractivity contribution in [3.63, 3.8) is 0 Å². The largest absolute Gasteiger partial charge is 0.453 e. The third-order valence-electron chi connectivity index (χ3n) is 12.9. The lowest BCUT2D eigenvalue weighted by molar-refractivity contribution is -0.138. The number of aromatic nitrogens is 4. The van der Waals surface area contributed by atoms with E-state index in [1.54, 1.807) is 19.3 Å². The maximum absolute atomic E-state index is 14.0. The fraction of sp³-hybridized carbons (Fsp3) is 0.458. The first kappa shape index (κ1) is 45.2. The number of nitrogens with one attached hydrogen (secondary N) is 4. The number of nitrogens with zero attached hydrogens (tertiary/aromatic N) is 4. The molecule has 0 radical (unpaired) electrons. The van der Waals surface area contributed by atoms with Gasteiger partial charge in [0.25, 0.3) is 0 Å². The molecule has 8 unspecified atom stereocenters. The van der Waals surface area contributed by atoms with Gasteiger partial charge in [-0.3, -0.25) is 9.59 Å². The Kier molecular flexibility index (Phi) is 13.6. The number of methoxy groups -OCH3 is 2. The van der Waals surface area contributed by atoms with Gasteiger partial charge in [-0.15, -0.1) is 0 Å². The average Bonchev–Trinajstić information content (AvgIpc) is 3.75. The molecular weight excluding hydrogens is 785 g/mol. The van der Waals surface area contributed by atoms with Crippen molar-refractivity contribution in [2.75, 3.05) is 14.2 Å². The van der Waals surface area contributed by atoms with E-state index in [0.717, 1.165) is 33.6 Å². The van der Waals surface area contributed by atoms with Crippen LogP contribution < -0.4 is 10.6 Å². The highest BCUT2D eigenvalue weighted by Gasteiger charge is 2.53. The fourth-order valence-electron chi connectivity index (χ4n) is 8.32. The minimum Gasteiger partial charge on any atom is -0.453 e. The number of ether oxygens (including phenoxy) is 2. The number of benzene rings is 2. The quantitative estimate of drug-likeness (QED) is 0.0740.